The Hall–Kier alpha value is -0.480. The minimum absolute atomic E-state index is 0.0576. The summed E-state index contributed by atoms with van der Waals surface area (Å²) in [6, 6.07) is 2.98. The van der Waals surface area contributed by atoms with Crippen LogP contribution in [0.4, 0.5) is 8.78 Å². The van der Waals surface area contributed by atoms with Crippen LogP contribution in [0.15, 0.2) is 16.6 Å². The van der Waals surface area contributed by atoms with E-state index in [-0.39, 0.29) is 17.5 Å². The third-order valence-electron chi connectivity index (χ3n) is 3.87. The largest absolute Gasteiger partial charge is 0.313 e. The molecule has 4 heteroatoms. The minimum atomic E-state index is -0.435. The third-order valence-corrected chi connectivity index (χ3v) is 4.49. The molecule has 2 atom stereocenters. The molecule has 19 heavy (non-hydrogen) atoms. The van der Waals surface area contributed by atoms with Gasteiger partial charge >= 0.3 is 0 Å². The highest BCUT2D eigenvalue weighted by atomic mass is 79.9. The number of rotatable bonds is 4. The van der Waals surface area contributed by atoms with Gasteiger partial charge in [-0.05, 0) is 53.9 Å². The summed E-state index contributed by atoms with van der Waals surface area (Å²) in [5, 5.41) is 3.45. The molecule has 0 bridgehead atoms. The molecule has 1 saturated carbocycles. The second-order valence-corrected chi connectivity index (χ2v) is 6.06. The topological polar surface area (TPSA) is 12.0 Å². The Bertz CT molecular complexity index is 436. The molecule has 1 aliphatic rings. The quantitative estimate of drug-likeness (QED) is 0.785. The van der Waals surface area contributed by atoms with Crippen LogP contribution in [-0.4, -0.2) is 12.6 Å². The van der Waals surface area contributed by atoms with Gasteiger partial charge in [0.05, 0.1) is 4.47 Å². The average molecular weight is 332 g/mol. The molecule has 1 aromatic carbocycles. The Morgan fingerprint density at radius 1 is 1.26 bits per heavy atom. The first kappa shape index (κ1) is 14.9. The van der Waals surface area contributed by atoms with E-state index >= 15 is 0 Å². The van der Waals surface area contributed by atoms with Crippen LogP contribution in [0.2, 0.25) is 0 Å². The van der Waals surface area contributed by atoms with E-state index in [1.807, 2.05) is 0 Å². The fourth-order valence-electron chi connectivity index (χ4n) is 2.93. The average Bonchev–Trinajstić information content (AvgIpc) is 2.42. The van der Waals surface area contributed by atoms with Crippen LogP contribution in [0.25, 0.3) is 0 Å². The first-order chi connectivity index (χ1) is 9.15. The molecule has 0 aliphatic heterocycles. The predicted octanol–water partition coefficient (Wildman–Crippen LogP) is 4.75. The van der Waals surface area contributed by atoms with E-state index in [2.05, 4.69) is 28.2 Å². The molecule has 0 saturated heterocycles. The Kier molecular flexibility index (Phi) is 5.34. The van der Waals surface area contributed by atoms with Crippen LogP contribution < -0.4 is 5.32 Å². The molecule has 0 amide bonds. The summed E-state index contributed by atoms with van der Waals surface area (Å²) < 4.78 is 28.6. The number of hydrogen-bond acceptors (Lipinski definition) is 1. The lowest BCUT2D eigenvalue weighted by molar-refractivity contribution is 0.314. The van der Waals surface area contributed by atoms with Crippen molar-refractivity contribution in [1.29, 1.82) is 0 Å². The summed E-state index contributed by atoms with van der Waals surface area (Å²) in [7, 11) is 0. The van der Waals surface area contributed by atoms with Crippen molar-refractivity contribution in [3.05, 3.63) is 33.8 Å². The SMILES string of the molecule is CCCNC1CCCCC1c1c(F)ccc(Br)c1F. The summed E-state index contributed by atoms with van der Waals surface area (Å²) in [6.07, 6.45) is 5.06. The zero-order chi connectivity index (χ0) is 13.8. The van der Waals surface area contributed by atoms with Gasteiger partial charge in [-0.2, -0.15) is 0 Å². The van der Waals surface area contributed by atoms with Crippen molar-refractivity contribution < 1.29 is 8.78 Å². The molecule has 106 valence electrons. The molecule has 0 aromatic heterocycles. The van der Waals surface area contributed by atoms with Crippen molar-refractivity contribution in [2.24, 2.45) is 0 Å². The fourth-order valence-corrected chi connectivity index (χ4v) is 3.28. The Morgan fingerprint density at radius 3 is 2.74 bits per heavy atom. The maximum absolute atomic E-state index is 14.2. The Morgan fingerprint density at radius 2 is 2.00 bits per heavy atom. The minimum Gasteiger partial charge on any atom is -0.313 e. The summed E-state index contributed by atoms with van der Waals surface area (Å²) in [5.41, 5.74) is 0.252. The van der Waals surface area contributed by atoms with Gasteiger partial charge in [-0.25, -0.2) is 8.78 Å². The number of nitrogens with one attached hydrogen (secondary N) is 1. The lowest BCUT2D eigenvalue weighted by Gasteiger charge is -2.33. The van der Waals surface area contributed by atoms with Crippen LogP contribution in [-0.2, 0) is 0 Å². The molecule has 0 spiro atoms. The zero-order valence-electron chi connectivity index (χ0n) is 11.2. The molecular weight excluding hydrogens is 312 g/mol. The second kappa shape index (κ2) is 6.80. The van der Waals surface area contributed by atoms with Gasteiger partial charge in [-0.3, -0.25) is 0 Å². The highest BCUT2D eigenvalue weighted by Gasteiger charge is 2.31. The zero-order valence-corrected chi connectivity index (χ0v) is 12.8. The van der Waals surface area contributed by atoms with E-state index in [0.29, 0.717) is 4.47 Å². The van der Waals surface area contributed by atoms with Crippen molar-refractivity contribution in [3.63, 3.8) is 0 Å². The van der Waals surface area contributed by atoms with Crippen molar-refractivity contribution in [2.75, 3.05) is 6.54 Å². The maximum Gasteiger partial charge on any atom is 0.143 e. The van der Waals surface area contributed by atoms with Crippen LogP contribution in [0.3, 0.4) is 0 Å². The van der Waals surface area contributed by atoms with Gasteiger partial charge in [-0.15, -0.1) is 0 Å². The van der Waals surface area contributed by atoms with Crippen molar-refractivity contribution >= 4 is 15.9 Å². The van der Waals surface area contributed by atoms with E-state index in [4.69, 9.17) is 0 Å². The molecule has 2 unspecified atom stereocenters. The van der Waals surface area contributed by atoms with E-state index in [1.54, 1.807) is 0 Å². The van der Waals surface area contributed by atoms with Crippen LogP contribution in [0, 0.1) is 11.6 Å². The molecule has 0 heterocycles. The summed E-state index contributed by atoms with van der Waals surface area (Å²) in [6.45, 7) is 3.00. The summed E-state index contributed by atoms with van der Waals surface area (Å²) in [4.78, 5) is 0. The molecule has 1 fully saturated rings. The fraction of sp³-hybridized carbons (Fsp3) is 0.600. The molecular formula is C15H20BrF2N. The van der Waals surface area contributed by atoms with Crippen LogP contribution in [0.5, 0.6) is 0 Å². The molecule has 1 aliphatic carbocycles. The van der Waals surface area contributed by atoms with Gasteiger partial charge in [0.25, 0.3) is 0 Å². The Balaban J connectivity index is 2.29. The van der Waals surface area contributed by atoms with Crippen LogP contribution in [0.1, 0.15) is 50.5 Å². The van der Waals surface area contributed by atoms with Gasteiger partial charge < -0.3 is 5.32 Å². The van der Waals surface area contributed by atoms with E-state index < -0.39 is 11.6 Å². The van der Waals surface area contributed by atoms with Gasteiger partial charge in [0.2, 0.25) is 0 Å². The molecule has 1 aromatic rings. The first-order valence-electron chi connectivity index (χ1n) is 7.02. The maximum atomic E-state index is 14.2. The highest BCUT2D eigenvalue weighted by Crippen LogP contribution is 2.37. The van der Waals surface area contributed by atoms with E-state index in [9.17, 15) is 8.78 Å². The molecule has 1 nitrogen and oxygen atoms in total. The normalized spacial score (nSPS) is 23.6. The predicted molar refractivity (Wildman–Crippen MR) is 77.3 cm³/mol. The number of halogens is 3. The Labute approximate surface area is 121 Å². The van der Waals surface area contributed by atoms with Gasteiger partial charge in [0, 0.05) is 17.5 Å². The van der Waals surface area contributed by atoms with Crippen molar-refractivity contribution in [2.45, 2.75) is 51.0 Å². The lowest BCUT2D eigenvalue weighted by atomic mass is 9.79. The second-order valence-electron chi connectivity index (χ2n) is 5.21. The smallest absolute Gasteiger partial charge is 0.143 e. The lowest BCUT2D eigenvalue weighted by Crippen LogP contribution is -2.38. The third kappa shape index (κ3) is 3.34. The van der Waals surface area contributed by atoms with Gasteiger partial charge in [-0.1, -0.05) is 19.8 Å². The van der Waals surface area contributed by atoms with Crippen molar-refractivity contribution in [3.8, 4) is 0 Å². The molecule has 2 rings (SSSR count). The summed E-state index contributed by atoms with van der Waals surface area (Å²) in [5.74, 6) is -0.913. The monoisotopic (exact) mass is 331 g/mol. The van der Waals surface area contributed by atoms with E-state index in [0.717, 1.165) is 38.6 Å². The van der Waals surface area contributed by atoms with Gasteiger partial charge in [0.15, 0.2) is 0 Å². The molecule has 0 radical (unpaired) electrons. The van der Waals surface area contributed by atoms with Crippen LogP contribution >= 0.6 is 15.9 Å². The van der Waals surface area contributed by atoms with E-state index in [1.165, 1.54) is 12.1 Å². The molecule has 1 N–H and O–H groups in total. The first-order valence-corrected chi connectivity index (χ1v) is 7.81. The summed E-state index contributed by atoms with van der Waals surface area (Å²) >= 11 is 3.16. The highest BCUT2D eigenvalue weighted by molar-refractivity contribution is 9.10. The van der Waals surface area contributed by atoms with Crippen molar-refractivity contribution in [1.82, 2.24) is 5.32 Å². The number of hydrogen-bond donors (Lipinski definition) is 1. The standard InChI is InChI=1S/C15H20BrF2N/c1-2-9-19-13-6-4-3-5-10(13)14-12(17)8-7-11(16)15(14)18/h7-8,10,13,19H,2-6,9H2,1H3. The van der Waals surface area contributed by atoms with Gasteiger partial charge in [0.1, 0.15) is 11.6 Å². The number of benzene rings is 1.